The molecule has 0 aliphatic heterocycles. The Morgan fingerprint density at radius 2 is 1.76 bits per heavy atom. The fourth-order valence-corrected chi connectivity index (χ4v) is 5.16. The molecule has 1 fully saturated rings. The van der Waals surface area contributed by atoms with Crippen molar-refractivity contribution in [1.82, 2.24) is 14.4 Å². The first-order valence-electron chi connectivity index (χ1n) is 10.5. The summed E-state index contributed by atoms with van der Waals surface area (Å²) in [4.78, 5) is 3.02. The van der Waals surface area contributed by atoms with Crippen molar-refractivity contribution in [2.24, 2.45) is 5.92 Å². The number of halogens is 3. The summed E-state index contributed by atoms with van der Waals surface area (Å²) in [6.45, 7) is -0.723. The molecule has 11 heteroatoms. The minimum Gasteiger partial charge on any atom is -0.394 e. The first-order valence-corrected chi connectivity index (χ1v) is 11.9. The summed E-state index contributed by atoms with van der Waals surface area (Å²) in [6.07, 6.45) is -0.0236. The highest BCUT2D eigenvalue weighted by molar-refractivity contribution is 7.87. The van der Waals surface area contributed by atoms with Gasteiger partial charge in [0.25, 0.3) is 10.2 Å². The van der Waals surface area contributed by atoms with Crippen molar-refractivity contribution in [2.45, 2.75) is 24.9 Å². The van der Waals surface area contributed by atoms with E-state index in [4.69, 9.17) is 5.11 Å². The average molecular weight is 484 g/mol. The highest BCUT2D eigenvalue weighted by atomic mass is 32.2. The summed E-state index contributed by atoms with van der Waals surface area (Å²) in [5.41, 5.74) is 2.11. The standard InChI is InChI=1S/C22H24F3N3O4S/c23-15-3-1-13(2-4-15)21-20(18-7-16(24)8-19(25)22(18)28-21)14-5-12(6-14)9-26-33(31,32)27-10-17(30)11-29/h1-4,7-8,12,14,17,26-30H,5-6,9-11H2/t12-,14-,17-/m0/s1. The molecule has 4 rings (SSSR count). The molecular formula is C22H24F3N3O4S. The summed E-state index contributed by atoms with van der Waals surface area (Å²) < 4.78 is 70.4. The van der Waals surface area contributed by atoms with Gasteiger partial charge in [0.15, 0.2) is 0 Å². The first-order chi connectivity index (χ1) is 15.7. The number of aromatic nitrogens is 1. The molecule has 3 aromatic rings. The molecule has 1 aliphatic carbocycles. The van der Waals surface area contributed by atoms with E-state index < -0.39 is 40.4 Å². The van der Waals surface area contributed by atoms with E-state index in [9.17, 15) is 26.7 Å². The van der Waals surface area contributed by atoms with Gasteiger partial charge in [0.05, 0.1) is 23.9 Å². The van der Waals surface area contributed by atoms with Gasteiger partial charge in [-0.1, -0.05) is 0 Å². The van der Waals surface area contributed by atoms with Crippen LogP contribution < -0.4 is 9.44 Å². The Morgan fingerprint density at radius 3 is 2.42 bits per heavy atom. The molecule has 0 spiro atoms. The minimum absolute atomic E-state index is 0.00114. The van der Waals surface area contributed by atoms with Crippen LogP contribution in [0.5, 0.6) is 0 Å². The number of hydrogen-bond donors (Lipinski definition) is 5. The Labute approximate surface area is 188 Å². The van der Waals surface area contributed by atoms with Gasteiger partial charge < -0.3 is 15.2 Å². The van der Waals surface area contributed by atoms with Crippen LogP contribution >= 0.6 is 0 Å². The highest BCUT2D eigenvalue weighted by Crippen LogP contribution is 2.48. The van der Waals surface area contributed by atoms with Crippen molar-refractivity contribution in [3.05, 3.63) is 59.4 Å². The lowest BCUT2D eigenvalue weighted by atomic mass is 9.70. The molecule has 2 aromatic carbocycles. The van der Waals surface area contributed by atoms with E-state index in [1.807, 2.05) is 0 Å². The summed E-state index contributed by atoms with van der Waals surface area (Å²) in [5.74, 6) is -1.91. The molecule has 1 aromatic heterocycles. The molecule has 1 saturated carbocycles. The lowest BCUT2D eigenvalue weighted by molar-refractivity contribution is 0.0987. The fraction of sp³-hybridized carbons (Fsp3) is 0.364. The summed E-state index contributed by atoms with van der Waals surface area (Å²) >= 11 is 0. The van der Waals surface area contributed by atoms with Crippen molar-refractivity contribution in [3.8, 4) is 11.3 Å². The van der Waals surface area contributed by atoms with Crippen molar-refractivity contribution >= 4 is 21.1 Å². The van der Waals surface area contributed by atoms with E-state index in [2.05, 4.69) is 14.4 Å². The molecule has 0 amide bonds. The molecule has 1 heterocycles. The number of benzene rings is 2. The SMILES string of the molecule is O=S(=O)(NC[C@H](O)CO)NC[C@H]1C[C@H](c2c(-c3ccc(F)cc3)[nH]c3c(F)cc(F)cc32)C1. The minimum atomic E-state index is -3.84. The normalized spacial score (nSPS) is 19.5. The Kier molecular flexibility index (Phi) is 6.78. The zero-order valence-electron chi connectivity index (χ0n) is 17.5. The van der Waals surface area contributed by atoms with E-state index in [0.717, 1.165) is 11.6 Å². The largest absolute Gasteiger partial charge is 0.394 e. The molecule has 0 saturated heterocycles. The van der Waals surface area contributed by atoms with Gasteiger partial charge in [-0.15, -0.1) is 0 Å². The maximum Gasteiger partial charge on any atom is 0.277 e. The predicted octanol–water partition coefficient (Wildman–Crippen LogP) is 2.52. The Bertz CT molecular complexity index is 1240. The number of hydrogen-bond acceptors (Lipinski definition) is 4. The van der Waals surface area contributed by atoms with Gasteiger partial charge in [-0.05, 0) is 66.1 Å². The Morgan fingerprint density at radius 1 is 1.06 bits per heavy atom. The molecule has 0 bridgehead atoms. The topological polar surface area (TPSA) is 114 Å². The number of aromatic amines is 1. The molecule has 178 valence electrons. The predicted molar refractivity (Wildman–Crippen MR) is 117 cm³/mol. The summed E-state index contributed by atoms with van der Waals surface area (Å²) in [6, 6.07) is 7.78. The number of H-pyrrole nitrogens is 1. The molecule has 0 radical (unpaired) electrons. The van der Waals surface area contributed by atoms with Crippen molar-refractivity contribution < 1.29 is 31.8 Å². The Balaban J connectivity index is 1.52. The maximum absolute atomic E-state index is 14.4. The smallest absolute Gasteiger partial charge is 0.277 e. The number of fused-ring (bicyclic) bond motifs is 1. The number of aliphatic hydroxyl groups excluding tert-OH is 2. The van der Waals surface area contributed by atoms with Crippen molar-refractivity contribution in [3.63, 3.8) is 0 Å². The van der Waals surface area contributed by atoms with Crippen LogP contribution in [0.15, 0.2) is 36.4 Å². The fourth-order valence-electron chi connectivity index (χ4n) is 4.20. The number of aliphatic hydroxyl groups is 2. The number of rotatable bonds is 9. The van der Waals surface area contributed by atoms with Crippen LogP contribution in [0.25, 0.3) is 22.2 Å². The van der Waals surface area contributed by atoms with E-state index in [0.29, 0.717) is 29.5 Å². The van der Waals surface area contributed by atoms with Gasteiger partial charge in [-0.2, -0.15) is 13.1 Å². The highest BCUT2D eigenvalue weighted by Gasteiger charge is 2.35. The average Bonchev–Trinajstić information content (AvgIpc) is 3.11. The van der Waals surface area contributed by atoms with Gasteiger partial charge in [0.1, 0.15) is 17.5 Å². The van der Waals surface area contributed by atoms with Gasteiger partial charge in [-0.25, -0.2) is 17.9 Å². The quantitative estimate of drug-likeness (QED) is 0.322. The first kappa shape index (κ1) is 23.7. The van der Waals surface area contributed by atoms with E-state index in [-0.39, 0.29) is 30.4 Å². The van der Waals surface area contributed by atoms with Crippen molar-refractivity contribution in [2.75, 3.05) is 19.7 Å². The third-order valence-electron chi connectivity index (χ3n) is 5.92. The van der Waals surface area contributed by atoms with Gasteiger partial charge in [-0.3, -0.25) is 0 Å². The van der Waals surface area contributed by atoms with Crippen LogP contribution in [0, 0.1) is 23.4 Å². The summed E-state index contributed by atoms with van der Waals surface area (Å²) in [7, 11) is -3.84. The van der Waals surface area contributed by atoms with Crippen LogP contribution in [0.3, 0.4) is 0 Å². The summed E-state index contributed by atoms with van der Waals surface area (Å²) in [5, 5.41) is 18.5. The zero-order chi connectivity index (χ0) is 23.8. The van der Waals surface area contributed by atoms with Gasteiger partial charge in [0.2, 0.25) is 0 Å². The second-order valence-corrected chi connectivity index (χ2v) is 9.89. The van der Waals surface area contributed by atoms with Crippen LogP contribution in [0.1, 0.15) is 24.3 Å². The lowest BCUT2D eigenvalue weighted by Crippen LogP contribution is -2.44. The van der Waals surface area contributed by atoms with Crippen LogP contribution in [-0.4, -0.2) is 49.4 Å². The molecule has 5 N–H and O–H groups in total. The van der Waals surface area contributed by atoms with Crippen molar-refractivity contribution in [1.29, 1.82) is 0 Å². The third kappa shape index (κ3) is 5.22. The Hall–Kier alpha value is -2.44. The number of nitrogens with one attached hydrogen (secondary N) is 3. The van der Waals surface area contributed by atoms with Crippen LogP contribution in [0.2, 0.25) is 0 Å². The molecular weight excluding hydrogens is 459 g/mol. The third-order valence-corrected chi connectivity index (χ3v) is 7.02. The van der Waals surface area contributed by atoms with E-state index in [1.165, 1.54) is 18.2 Å². The maximum atomic E-state index is 14.4. The zero-order valence-corrected chi connectivity index (χ0v) is 18.3. The van der Waals surface area contributed by atoms with Gasteiger partial charge in [0, 0.05) is 24.5 Å². The molecule has 1 atom stereocenters. The van der Waals surface area contributed by atoms with E-state index >= 15 is 0 Å². The second-order valence-electron chi connectivity index (χ2n) is 8.30. The second kappa shape index (κ2) is 9.43. The lowest BCUT2D eigenvalue weighted by Gasteiger charge is -2.36. The van der Waals surface area contributed by atoms with Crippen LogP contribution in [0.4, 0.5) is 13.2 Å². The molecule has 33 heavy (non-hydrogen) atoms. The molecule has 1 aliphatic rings. The van der Waals surface area contributed by atoms with Crippen LogP contribution in [-0.2, 0) is 10.2 Å². The van der Waals surface area contributed by atoms with E-state index in [1.54, 1.807) is 12.1 Å². The van der Waals surface area contributed by atoms with Gasteiger partial charge >= 0.3 is 0 Å². The molecule has 0 unspecified atom stereocenters. The molecule has 7 nitrogen and oxygen atoms in total. The monoisotopic (exact) mass is 483 g/mol.